The zero-order chi connectivity index (χ0) is 25.5. The molecule has 1 aromatic carbocycles. The molecule has 0 aliphatic heterocycles. The number of hydrogen-bond donors (Lipinski definition) is 2. The zero-order valence-electron chi connectivity index (χ0n) is 20.4. The number of aromatic nitrogens is 5. The molecule has 0 unspecified atom stereocenters. The number of nitrogens with one attached hydrogen (secondary N) is 2. The van der Waals surface area contributed by atoms with Crippen molar-refractivity contribution in [3.05, 3.63) is 46.8 Å². The van der Waals surface area contributed by atoms with Crippen LogP contribution in [0, 0.1) is 6.92 Å². The van der Waals surface area contributed by atoms with Crippen molar-refractivity contribution in [2.75, 3.05) is 37.9 Å². The molecule has 0 fully saturated rings. The van der Waals surface area contributed by atoms with Crippen molar-refractivity contribution in [3.63, 3.8) is 0 Å². The Morgan fingerprint density at radius 1 is 1.25 bits per heavy atom. The summed E-state index contributed by atoms with van der Waals surface area (Å²) in [6.07, 6.45) is 2.75. The molecule has 190 valence electrons. The van der Waals surface area contributed by atoms with Gasteiger partial charge in [-0.3, -0.25) is 4.79 Å². The van der Waals surface area contributed by atoms with Crippen molar-refractivity contribution < 1.29 is 14.1 Å². The van der Waals surface area contributed by atoms with Crippen LogP contribution < -0.4 is 10.6 Å². The average molecular weight is 530 g/mol. The summed E-state index contributed by atoms with van der Waals surface area (Å²) in [5.74, 6) is 1.76. The average Bonchev–Trinajstić information content (AvgIpc) is 3.46. The van der Waals surface area contributed by atoms with Gasteiger partial charge in [0, 0.05) is 31.5 Å². The van der Waals surface area contributed by atoms with Crippen molar-refractivity contribution >= 4 is 46.1 Å². The second-order valence-corrected chi connectivity index (χ2v) is 9.40. The number of amides is 1. The van der Waals surface area contributed by atoms with E-state index in [0.29, 0.717) is 64.6 Å². The molecule has 36 heavy (non-hydrogen) atoms. The lowest BCUT2D eigenvalue weighted by molar-refractivity contribution is 0.0951. The lowest BCUT2D eigenvalue weighted by atomic mass is 10.1. The molecular formula is C24H28ClN7O3S. The van der Waals surface area contributed by atoms with Crippen LogP contribution in [-0.4, -0.2) is 63.4 Å². The fourth-order valence-corrected chi connectivity index (χ4v) is 4.52. The van der Waals surface area contributed by atoms with Gasteiger partial charge in [-0.15, -0.1) is 0 Å². The molecule has 0 aliphatic carbocycles. The molecule has 4 aromatic rings. The van der Waals surface area contributed by atoms with E-state index in [1.54, 1.807) is 48.8 Å². The Morgan fingerprint density at radius 3 is 2.86 bits per heavy atom. The maximum atomic E-state index is 13.1. The highest BCUT2D eigenvalue weighted by molar-refractivity contribution is 7.99. The van der Waals surface area contributed by atoms with Crippen LogP contribution in [0.4, 0.5) is 5.82 Å². The zero-order valence-corrected chi connectivity index (χ0v) is 21.9. The van der Waals surface area contributed by atoms with Crippen LogP contribution in [0.5, 0.6) is 0 Å². The van der Waals surface area contributed by atoms with Crippen molar-refractivity contribution in [3.8, 4) is 11.3 Å². The van der Waals surface area contributed by atoms with Crippen LogP contribution in [0.15, 0.2) is 40.1 Å². The Kier molecular flexibility index (Phi) is 8.79. The first-order valence-corrected chi connectivity index (χ1v) is 13.0. The molecule has 0 atom stereocenters. The molecule has 0 spiro atoms. The molecule has 12 heteroatoms. The van der Waals surface area contributed by atoms with E-state index in [1.807, 2.05) is 12.1 Å². The maximum Gasteiger partial charge on any atom is 0.257 e. The van der Waals surface area contributed by atoms with E-state index < -0.39 is 0 Å². The first-order valence-electron chi connectivity index (χ1n) is 11.6. The van der Waals surface area contributed by atoms with Crippen LogP contribution in [0.25, 0.3) is 22.3 Å². The van der Waals surface area contributed by atoms with Crippen molar-refractivity contribution in [2.24, 2.45) is 0 Å². The van der Waals surface area contributed by atoms with Crippen LogP contribution in [0.2, 0.25) is 5.02 Å². The van der Waals surface area contributed by atoms with Gasteiger partial charge in [-0.2, -0.15) is 5.10 Å². The van der Waals surface area contributed by atoms with Crippen molar-refractivity contribution in [2.45, 2.75) is 32.0 Å². The van der Waals surface area contributed by atoms with Gasteiger partial charge in [-0.1, -0.05) is 53.6 Å². The summed E-state index contributed by atoms with van der Waals surface area (Å²) in [6, 6.07) is 7.21. The lowest BCUT2D eigenvalue weighted by Crippen LogP contribution is -2.28. The summed E-state index contributed by atoms with van der Waals surface area (Å²) in [5.41, 5.74) is 2.12. The Morgan fingerprint density at radius 2 is 2.08 bits per heavy atom. The fourth-order valence-electron chi connectivity index (χ4n) is 3.60. The third-order valence-electron chi connectivity index (χ3n) is 5.34. The summed E-state index contributed by atoms with van der Waals surface area (Å²) in [4.78, 5) is 22.4. The highest BCUT2D eigenvalue weighted by atomic mass is 35.5. The predicted octanol–water partition coefficient (Wildman–Crippen LogP) is 4.43. The van der Waals surface area contributed by atoms with E-state index >= 15 is 0 Å². The standard InChI is InChI=1S/C24H28ClN7O3S/c1-4-13-36-24-29-21(26-10-12-34-3)17-14-28-32(22(17)30-24)11-9-27-23(33)19-15(2)35-31-20(19)16-7-5-6-8-18(16)25/h5-8,14H,4,9-13H2,1-3H3,(H,27,33)(H,26,29,30). The van der Waals surface area contributed by atoms with E-state index in [2.05, 4.69) is 32.8 Å². The van der Waals surface area contributed by atoms with E-state index in [1.165, 1.54) is 0 Å². The number of benzene rings is 1. The van der Waals surface area contributed by atoms with Crippen molar-refractivity contribution in [1.29, 1.82) is 0 Å². The number of carbonyl (C=O) groups is 1. The number of ether oxygens (including phenoxy) is 1. The molecule has 0 saturated carbocycles. The smallest absolute Gasteiger partial charge is 0.257 e. The minimum atomic E-state index is -0.295. The van der Waals surface area contributed by atoms with Gasteiger partial charge in [-0.05, 0) is 19.4 Å². The summed E-state index contributed by atoms with van der Waals surface area (Å²) < 4.78 is 12.2. The maximum absolute atomic E-state index is 13.1. The predicted molar refractivity (Wildman–Crippen MR) is 141 cm³/mol. The molecule has 0 bridgehead atoms. The van der Waals surface area contributed by atoms with Gasteiger partial charge in [0.2, 0.25) is 0 Å². The van der Waals surface area contributed by atoms with Crippen molar-refractivity contribution in [1.82, 2.24) is 30.2 Å². The molecule has 2 N–H and O–H groups in total. The molecule has 1 amide bonds. The highest BCUT2D eigenvalue weighted by Crippen LogP contribution is 2.31. The Hall–Kier alpha value is -3.15. The molecule has 0 saturated heterocycles. The molecule has 0 radical (unpaired) electrons. The largest absolute Gasteiger partial charge is 0.383 e. The number of rotatable bonds is 12. The third kappa shape index (κ3) is 5.80. The van der Waals surface area contributed by atoms with E-state index in [9.17, 15) is 4.79 Å². The molecule has 0 aliphatic rings. The topological polar surface area (TPSA) is 120 Å². The number of nitrogens with zero attached hydrogens (tertiary/aromatic N) is 5. The van der Waals surface area contributed by atoms with E-state index in [-0.39, 0.29) is 5.91 Å². The number of halogens is 1. The minimum Gasteiger partial charge on any atom is -0.383 e. The number of fused-ring (bicyclic) bond motifs is 1. The van der Waals surface area contributed by atoms with Crippen LogP contribution in [0.3, 0.4) is 0 Å². The second-order valence-electron chi connectivity index (χ2n) is 7.93. The molecule has 4 rings (SSSR count). The molecule has 3 heterocycles. The van der Waals surface area contributed by atoms with E-state index in [0.717, 1.165) is 23.4 Å². The SMILES string of the molecule is CCCSc1nc(NCCOC)c2cnn(CCNC(=O)c3c(-c4ccccc4Cl)noc3C)c2n1. The number of anilines is 1. The van der Waals surface area contributed by atoms with Crippen LogP contribution in [-0.2, 0) is 11.3 Å². The number of aryl methyl sites for hydroxylation is 1. The molecule has 3 aromatic heterocycles. The summed E-state index contributed by atoms with van der Waals surface area (Å²) >= 11 is 7.92. The van der Waals surface area contributed by atoms with Gasteiger partial charge >= 0.3 is 0 Å². The number of carbonyl (C=O) groups excluding carboxylic acids is 1. The van der Waals surface area contributed by atoms with Crippen LogP contribution in [0.1, 0.15) is 29.5 Å². The fraction of sp³-hybridized carbons (Fsp3) is 0.375. The van der Waals surface area contributed by atoms with Gasteiger partial charge in [0.1, 0.15) is 22.8 Å². The Labute approximate surface area is 218 Å². The van der Waals surface area contributed by atoms with Gasteiger partial charge < -0.3 is 19.9 Å². The highest BCUT2D eigenvalue weighted by Gasteiger charge is 2.23. The quantitative estimate of drug-likeness (QED) is 0.156. The first-order chi connectivity index (χ1) is 17.5. The number of thioether (sulfide) groups is 1. The van der Waals surface area contributed by atoms with Gasteiger partial charge in [0.15, 0.2) is 10.8 Å². The molecule has 10 nitrogen and oxygen atoms in total. The van der Waals surface area contributed by atoms with Gasteiger partial charge in [0.05, 0.1) is 29.8 Å². The number of hydrogen-bond acceptors (Lipinski definition) is 9. The Bertz CT molecular complexity index is 1340. The Balaban J connectivity index is 1.50. The lowest BCUT2D eigenvalue weighted by Gasteiger charge is -2.10. The summed E-state index contributed by atoms with van der Waals surface area (Å²) in [7, 11) is 1.66. The monoisotopic (exact) mass is 529 g/mol. The molecular weight excluding hydrogens is 502 g/mol. The van der Waals surface area contributed by atoms with E-state index in [4.69, 9.17) is 25.8 Å². The van der Waals surface area contributed by atoms with Crippen LogP contribution >= 0.6 is 23.4 Å². The second kappa shape index (κ2) is 12.2. The normalized spacial score (nSPS) is 11.2. The van der Waals surface area contributed by atoms with Gasteiger partial charge in [-0.25, -0.2) is 14.6 Å². The summed E-state index contributed by atoms with van der Waals surface area (Å²) in [5, 5.41) is 16.8. The summed E-state index contributed by atoms with van der Waals surface area (Å²) in [6.45, 7) is 5.75. The third-order valence-corrected chi connectivity index (χ3v) is 6.72. The number of methoxy groups -OCH3 is 1. The minimum absolute atomic E-state index is 0.295. The first kappa shape index (κ1) is 25.9. The van der Waals surface area contributed by atoms with Gasteiger partial charge in [0.25, 0.3) is 5.91 Å².